The summed E-state index contributed by atoms with van der Waals surface area (Å²) < 4.78 is 5.18. The fourth-order valence-corrected chi connectivity index (χ4v) is 2.79. The van der Waals surface area contributed by atoms with Crippen LogP contribution in [-0.4, -0.2) is 18.9 Å². The van der Waals surface area contributed by atoms with Gasteiger partial charge in [0.05, 0.1) is 19.6 Å². The molecule has 5 nitrogen and oxygen atoms in total. The van der Waals surface area contributed by atoms with Crippen LogP contribution in [0.2, 0.25) is 0 Å². The highest BCUT2D eigenvalue weighted by Crippen LogP contribution is 2.30. The quantitative estimate of drug-likeness (QED) is 0.802. The van der Waals surface area contributed by atoms with E-state index in [0.29, 0.717) is 6.42 Å². The molecule has 0 aromatic heterocycles. The van der Waals surface area contributed by atoms with Gasteiger partial charge in [-0.3, -0.25) is 9.59 Å². The van der Waals surface area contributed by atoms with E-state index in [1.54, 1.807) is 7.11 Å². The molecule has 26 heavy (non-hydrogen) atoms. The standard InChI is InChI=1S/C21H24N2O3/c1-14(22-20(24)13-15-4-3-5-19(12-15)26-2)16-8-10-18(11-9-16)23-21(25)17-6-7-17/h3-5,8-12,14,17H,6-7,13H2,1-2H3,(H,22,24)(H,23,25). The molecule has 2 aromatic carbocycles. The van der Waals surface area contributed by atoms with Gasteiger partial charge < -0.3 is 15.4 Å². The lowest BCUT2D eigenvalue weighted by Gasteiger charge is -2.15. The molecule has 2 amide bonds. The molecule has 0 saturated heterocycles. The number of hydrogen-bond donors (Lipinski definition) is 2. The first-order valence-electron chi connectivity index (χ1n) is 8.88. The van der Waals surface area contributed by atoms with Crippen molar-refractivity contribution in [3.63, 3.8) is 0 Å². The van der Waals surface area contributed by atoms with Crippen molar-refractivity contribution in [3.8, 4) is 5.75 Å². The third-order valence-electron chi connectivity index (χ3n) is 4.50. The average molecular weight is 352 g/mol. The Labute approximate surface area is 153 Å². The Hall–Kier alpha value is -2.82. The van der Waals surface area contributed by atoms with E-state index in [0.717, 1.165) is 35.4 Å². The van der Waals surface area contributed by atoms with Gasteiger partial charge in [-0.15, -0.1) is 0 Å². The Bertz CT molecular complexity index is 782. The molecule has 0 spiro atoms. The van der Waals surface area contributed by atoms with Crippen LogP contribution in [0.15, 0.2) is 48.5 Å². The lowest BCUT2D eigenvalue weighted by atomic mass is 10.1. The Kier molecular flexibility index (Phi) is 5.56. The lowest BCUT2D eigenvalue weighted by molar-refractivity contribution is -0.121. The third kappa shape index (κ3) is 4.85. The Morgan fingerprint density at radius 2 is 1.88 bits per heavy atom. The average Bonchev–Trinajstić information content (AvgIpc) is 3.47. The van der Waals surface area contributed by atoms with Crippen LogP contribution in [0.4, 0.5) is 5.69 Å². The number of benzene rings is 2. The number of ether oxygens (including phenoxy) is 1. The van der Waals surface area contributed by atoms with Crippen LogP contribution >= 0.6 is 0 Å². The summed E-state index contributed by atoms with van der Waals surface area (Å²) in [5.74, 6) is 0.978. The molecule has 3 rings (SSSR count). The minimum absolute atomic E-state index is 0.0446. The zero-order valence-electron chi connectivity index (χ0n) is 15.1. The van der Waals surface area contributed by atoms with E-state index in [1.807, 2.05) is 55.5 Å². The van der Waals surface area contributed by atoms with Gasteiger partial charge in [0.15, 0.2) is 0 Å². The summed E-state index contributed by atoms with van der Waals surface area (Å²) in [6.45, 7) is 1.95. The summed E-state index contributed by atoms with van der Waals surface area (Å²) in [6, 6.07) is 15.0. The second-order valence-corrected chi connectivity index (χ2v) is 6.70. The first kappa shape index (κ1) is 18.0. The summed E-state index contributed by atoms with van der Waals surface area (Å²) in [7, 11) is 1.61. The van der Waals surface area contributed by atoms with Crippen molar-refractivity contribution in [2.24, 2.45) is 5.92 Å². The molecule has 1 atom stereocenters. The Balaban J connectivity index is 1.53. The summed E-state index contributed by atoms with van der Waals surface area (Å²) in [6.07, 6.45) is 2.28. The van der Waals surface area contributed by atoms with Crippen molar-refractivity contribution in [1.82, 2.24) is 5.32 Å². The molecule has 2 N–H and O–H groups in total. The predicted molar refractivity (Wildman–Crippen MR) is 101 cm³/mol. The maximum atomic E-state index is 12.3. The fraction of sp³-hybridized carbons (Fsp3) is 0.333. The molecule has 0 aliphatic heterocycles. The van der Waals surface area contributed by atoms with Gasteiger partial charge in [0.1, 0.15) is 5.75 Å². The molecule has 5 heteroatoms. The fourth-order valence-electron chi connectivity index (χ4n) is 2.79. The molecular weight excluding hydrogens is 328 g/mol. The molecule has 0 bridgehead atoms. The molecule has 0 radical (unpaired) electrons. The van der Waals surface area contributed by atoms with Gasteiger partial charge in [-0.25, -0.2) is 0 Å². The molecule has 1 aliphatic carbocycles. The van der Waals surface area contributed by atoms with Crippen molar-refractivity contribution in [1.29, 1.82) is 0 Å². The number of anilines is 1. The van der Waals surface area contributed by atoms with Crippen LogP contribution < -0.4 is 15.4 Å². The normalized spacial score (nSPS) is 14.4. The summed E-state index contributed by atoms with van der Waals surface area (Å²) in [5, 5.41) is 5.92. The van der Waals surface area contributed by atoms with Crippen LogP contribution in [0.5, 0.6) is 5.75 Å². The Morgan fingerprint density at radius 1 is 1.15 bits per heavy atom. The van der Waals surface area contributed by atoms with Crippen LogP contribution in [0, 0.1) is 5.92 Å². The molecule has 1 aliphatic rings. The lowest BCUT2D eigenvalue weighted by Crippen LogP contribution is -2.28. The van der Waals surface area contributed by atoms with Crippen molar-refractivity contribution in [2.45, 2.75) is 32.2 Å². The van der Waals surface area contributed by atoms with Gasteiger partial charge in [0.2, 0.25) is 11.8 Å². The van der Waals surface area contributed by atoms with Crippen molar-refractivity contribution < 1.29 is 14.3 Å². The molecule has 2 aromatic rings. The molecular formula is C21H24N2O3. The van der Waals surface area contributed by atoms with Crippen molar-refractivity contribution in [2.75, 3.05) is 12.4 Å². The van der Waals surface area contributed by atoms with Gasteiger partial charge in [0, 0.05) is 11.6 Å². The third-order valence-corrected chi connectivity index (χ3v) is 4.50. The zero-order chi connectivity index (χ0) is 18.5. The number of rotatable bonds is 7. The number of nitrogens with one attached hydrogen (secondary N) is 2. The number of hydrogen-bond acceptors (Lipinski definition) is 3. The summed E-state index contributed by atoms with van der Waals surface area (Å²) in [4.78, 5) is 24.1. The van der Waals surface area contributed by atoms with E-state index >= 15 is 0 Å². The minimum Gasteiger partial charge on any atom is -0.497 e. The predicted octanol–water partition coefficient (Wildman–Crippen LogP) is 3.46. The van der Waals surface area contributed by atoms with E-state index < -0.39 is 0 Å². The van der Waals surface area contributed by atoms with E-state index in [2.05, 4.69) is 10.6 Å². The zero-order valence-corrected chi connectivity index (χ0v) is 15.1. The van der Waals surface area contributed by atoms with E-state index in [4.69, 9.17) is 4.74 Å². The first-order chi connectivity index (χ1) is 12.5. The highest BCUT2D eigenvalue weighted by molar-refractivity contribution is 5.94. The van der Waals surface area contributed by atoms with Gasteiger partial charge in [-0.05, 0) is 55.2 Å². The largest absolute Gasteiger partial charge is 0.497 e. The van der Waals surface area contributed by atoms with Crippen molar-refractivity contribution in [3.05, 3.63) is 59.7 Å². The summed E-state index contributed by atoms with van der Waals surface area (Å²) in [5.41, 5.74) is 2.70. The minimum atomic E-state index is -0.110. The monoisotopic (exact) mass is 352 g/mol. The number of carbonyl (C=O) groups excluding carboxylic acids is 2. The van der Waals surface area contributed by atoms with Crippen LogP contribution in [0.3, 0.4) is 0 Å². The second-order valence-electron chi connectivity index (χ2n) is 6.70. The molecule has 1 unspecified atom stereocenters. The van der Waals surface area contributed by atoms with E-state index in [1.165, 1.54) is 0 Å². The van der Waals surface area contributed by atoms with Gasteiger partial charge in [-0.2, -0.15) is 0 Å². The van der Waals surface area contributed by atoms with E-state index in [9.17, 15) is 9.59 Å². The number of methoxy groups -OCH3 is 1. The van der Waals surface area contributed by atoms with Gasteiger partial charge in [-0.1, -0.05) is 24.3 Å². The van der Waals surface area contributed by atoms with Crippen LogP contribution in [0.1, 0.15) is 36.9 Å². The van der Waals surface area contributed by atoms with E-state index in [-0.39, 0.29) is 23.8 Å². The van der Waals surface area contributed by atoms with Gasteiger partial charge >= 0.3 is 0 Å². The maximum Gasteiger partial charge on any atom is 0.227 e. The van der Waals surface area contributed by atoms with Crippen molar-refractivity contribution >= 4 is 17.5 Å². The molecule has 1 saturated carbocycles. The Morgan fingerprint density at radius 3 is 2.54 bits per heavy atom. The highest BCUT2D eigenvalue weighted by Gasteiger charge is 2.29. The topological polar surface area (TPSA) is 67.4 Å². The first-order valence-corrected chi connectivity index (χ1v) is 8.88. The molecule has 136 valence electrons. The number of amides is 2. The molecule has 1 fully saturated rings. The second kappa shape index (κ2) is 8.04. The smallest absolute Gasteiger partial charge is 0.227 e. The number of carbonyl (C=O) groups is 2. The van der Waals surface area contributed by atoms with Crippen LogP contribution in [-0.2, 0) is 16.0 Å². The maximum absolute atomic E-state index is 12.3. The summed E-state index contributed by atoms with van der Waals surface area (Å²) >= 11 is 0. The van der Waals surface area contributed by atoms with Crippen LogP contribution in [0.25, 0.3) is 0 Å². The highest BCUT2D eigenvalue weighted by atomic mass is 16.5. The van der Waals surface area contributed by atoms with Gasteiger partial charge in [0.25, 0.3) is 0 Å². The SMILES string of the molecule is COc1cccc(CC(=O)NC(C)c2ccc(NC(=O)C3CC3)cc2)c1. The molecule has 0 heterocycles.